The zero-order valence-electron chi connectivity index (χ0n) is 22.9. The summed E-state index contributed by atoms with van der Waals surface area (Å²) in [6, 6.07) is 14.1. The number of amides is 1. The fourth-order valence-electron chi connectivity index (χ4n) is 5.50. The van der Waals surface area contributed by atoms with E-state index in [0.29, 0.717) is 18.5 Å². The molecule has 3 aromatic rings. The van der Waals surface area contributed by atoms with Crippen molar-refractivity contribution in [3.8, 4) is 5.75 Å². The van der Waals surface area contributed by atoms with Crippen LogP contribution in [0.15, 0.2) is 47.3 Å². The highest BCUT2D eigenvalue weighted by Crippen LogP contribution is 2.34. The molecule has 0 spiro atoms. The highest BCUT2D eigenvalue weighted by Gasteiger charge is 2.45. The molecule has 3 rings (SSSR count). The van der Waals surface area contributed by atoms with Gasteiger partial charge in [-0.05, 0) is 44.0 Å². The van der Waals surface area contributed by atoms with Crippen LogP contribution in [0.3, 0.4) is 0 Å². The van der Waals surface area contributed by atoms with Crippen LogP contribution in [0.2, 0.25) is 0 Å². The maximum absolute atomic E-state index is 11.9. The molecule has 5 N–H and O–H groups in total. The minimum atomic E-state index is -0.262. The van der Waals surface area contributed by atoms with Crippen LogP contribution in [0.5, 0.6) is 5.75 Å². The lowest BCUT2D eigenvalue weighted by Crippen LogP contribution is -2.67. The Balaban J connectivity index is 1.76. The van der Waals surface area contributed by atoms with Crippen molar-refractivity contribution in [1.82, 2.24) is 10.3 Å². The topological polar surface area (TPSA) is 108 Å². The Labute approximate surface area is 224 Å². The summed E-state index contributed by atoms with van der Waals surface area (Å²) < 4.78 is 1.60. The number of H-pyrrole nitrogens is 1. The number of thiazole rings is 1. The quantitative estimate of drug-likeness (QED) is 0.197. The number of nitrogens with one attached hydrogen (secondary N) is 2. The van der Waals surface area contributed by atoms with Crippen molar-refractivity contribution in [3.63, 3.8) is 0 Å². The summed E-state index contributed by atoms with van der Waals surface area (Å²) in [5.74, 6) is -0.161. The third-order valence-corrected chi connectivity index (χ3v) is 8.21. The molecule has 0 saturated heterocycles. The molecule has 202 valence electrons. The fourth-order valence-corrected chi connectivity index (χ4v) is 6.39. The molecule has 0 fully saturated rings. The average molecular weight is 528 g/mol. The lowest BCUT2D eigenvalue weighted by molar-refractivity contribution is -0.976. The number of phenolic OH excluding ortho intramolecular Hbond substituents is 1. The van der Waals surface area contributed by atoms with Gasteiger partial charge in [0.15, 0.2) is 0 Å². The van der Waals surface area contributed by atoms with Gasteiger partial charge in [0.05, 0.1) is 36.3 Å². The normalized spacial score (nSPS) is 14.1. The van der Waals surface area contributed by atoms with E-state index in [-0.39, 0.29) is 27.5 Å². The van der Waals surface area contributed by atoms with E-state index in [0.717, 1.165) is 65.1 Å². The highest BCUT2D eigenvalue weighted by molar-refractivity contribution is 7.16. The summed E-state index contributed by atoms with van der Waals surface area (Å²) in [5, 5.41) is 13.7. The van der Waals surface area contributed by atoms with Gasteiger partial charge in [-0.2, -0.15) is 0 Å². The molecule has 0 bridgehead atoms. The van der Waals surface area contributed by atoms with Gasteiger partial charge in [-0.25, -0.2) is 0 Å². The minimum Gasteiger partial charge on any atom is -0.506 e. The molecule has 0 saturated carbocycles. The molecule has 1 unspecified atom stereocenters. The third-order valence-electron chi connectivity index (χ3n) is 7.25. The van der Waals surface area contributed by atoms with Crippen LogP contribution in [0.4, 0.5) is 0 Å². The van der Waals surface area contributed by atoms with Gasteiger partial charge in [0, 0.05) is 18.4 Å². The Bertz CT molecular complexity index is 1240. The molecule has 1 atom stereocenters. The van der Waals surface area contributed by atoms with E-state index < -0.39 is 0 Å². The molecule has 7 nitrogen and oxygen atoms in total. The maximum atomic E-state index is 11.9. The zero-order chi connectivity index (χ0) is 27.3. The van der Waals surface area contributed by atoms with Crippen molar-refractivity contribution in [1.29, 1.82) is 0 Å². The van der Waals surface area contributed by atoms with Gasteiger partial charge in [0.1, 0.15) is 11.3 Å². The van der Waals surface area contributed by atoms with Crippen LogP contribution >= 0.6 is 11.3 Å². The molecule has 0 aliphatic carbocycles. The first-order valence-electron chi connectivity index (χ1n) is 13.0. The smallest absolute Gasteiger partial charge is 0.305 e. The van der Waals surface area contributed by atoms with Crippen molar-refractivity contribution >= 4 is 27.5 Å². The van der Waals surface area contributed by atoms with Crippen molar-refractivity contribution in [2.45, 2.75) is 59.4 Å². The van der Waals surface area contributed by atoms with Crippen LogP contribution in [-0.2, 0) is 17.6 Å². The van der Waals surface area contributed by atoms with Gasteiger partial charge < -0.3 is 25.6 Å². The first kappa shape index (κ1) is 28.9. The number of aromatic amines is 1. The molecule has 0 aliphatic heterocycles. The lowest BCUT2D eigenvalue weighted by atomic mass is 9.84. The number of hydrogen-bond donors (Lipinski definition) is 4. The third kappa shape index (κ3) is 7.66. The molecule has 0 radical (unpaired) electrons. The monoisotopic (exact) mass is 527 g/mol. The van der Waals surface area contributed by atoms with Gasteiger partial charge in [0.25, 0.3) is 0 Å². The summed E-state index contributed by atoms with van der Waals surface area (Å²) in [6.07, 6.45) is 2.01. The number of nitrogens with two attached hydrogens (primary N) is 1. The number of nitrogens with zero attached hydrogens (tertiary/aromatic N) is 1. The number of aromatic hydroxyl groups is 1. The van der Waals surface area contributed by atoms with Crippen LogP contribution in [-0.4, -0.2) is 58.7 Å². The van der Waals surface area contributed by atoms with Crippen LogP contribution in [0.1, 0.15) is 52.2 Å². The number of phenols is 1. The van der Waals surface area contributed by atoms with Crippen molar-refractivity contribution in [3.05, 3.63) is 63.3 Å². The van der Waals surface area contributed by atoms with Crippen LogP contribution in [0.25, 0.3) is 10.2 Å². The molecule has 1 amide bonds. The van der Waals surface area contributed by atoms with E-state index in [4.69, 9.17) is 5.73 Å². The largest absolute Gasteiger partial charge is 0.506 e. The van der Waals surface area contributed by atoms with E-state index >= 15 is 0 Å². The van der Waals surface area contributed by atoms with E-state index in [1.54, 1.807) is 6.07 Å². The Morgan fingerprint density at radius 2 is 1.76 bits per heavy atom. The van der Waals surface area contributed by atoms with Crippen molar-refractivity contribution in [2.24, 2.45) is 11.1 Å². The Morgan fingerprint density at radius 1 is 1.05 bits per heavy atom. The summed E-state index contributed by atoms with van der Waals surface area (Å²) in [5.41, 5.74) is 8.44. The summed E-state index contributed by atoms with van der Waals surface area (Å²) in [4.78, 5) is 26.3. The zero-order valence-corrected chi connectivity index (χ0v) is 23.7. The molecule has 0 aliphatic rings. The second-order valence-electron chi connectivity index (χ2n) is 12.0. The van der Waals surface area contributed by atoms with E-state index in [1.165, 1.54) is 5.56 Å². The summed E-state index contributed by atoms with van der Waals surface area (Å²) in [6.45, 7) is 15.4. The minimum absolute atomic E-state index is 0.0644. The van der Waals surface area contributed by atoms with Crippen molar-refractivity contribution in [2.75, 3.05) is 32.7 Å². The summed E-state index contributed by atoms with van der Waals surface area (Å²) in [7, 11) is 0. The molecular weight excluding hydrogens is 484 g/mol. The van der Waals surface area contributed by atoms with Gasteiger partial charge in [0.2, 0.25) is 5.91 Å². The number of carbonyl (C=O) groups excluding carboxylic acids is 1. The van der Waals surface area contributed by atoms with Gasteiger partial charge in [-0.1, -0.05) is 68.5 Å². The molecule has 1 aromatic heterocycles. The van der Waals surface area contributed by atoms with E-state index in [9.17, 15) is 14.7 Å². The Kier molecular flexibility index (Phi) is 9.21. The number of rotatable bonds is 13. The molecule has 37 heavy (non-hydrogen) atoms. The number of quaternary nitrogens is 1. The summed E-state index contributed by atoms with van der Waals surface area (Å²) >= 11 is 1.14. The fraction of sp³-hybridized carbons (Fsp3) is 0.517. The lowest BCUT2D eigenvalue weighted by Gasteiger charge is -2.53. The predicted molar refractivity (Wildman–Crippen MR) is 153 cm³/mol. The average Bonchev–Trinajstić information content (AvgIpc) is 3.20. The van der Waals surface area contributed by atoms with Gasteiger partial charge >= 0.3 is 4.87 Å². The molecular formula is C29H43N4O3S+. The van der Waals surface area contributed by atoms with Crippen molar-refractivity contribution < 1.29 is 14.4 Å². The van der Waals surface area contributed by atoms with Crippen LogP contribution in [0, 0.1) is 5.41 Å². The first-order valence-corrected chi connectivity index (χ1v) is 13.9. The molecule has 2 aromatic carbocycles. The first-order chi connectivity index (χ1) is 17.3. The van der Waals surface area contributed by atoms with E-state index in [1.807, 2.05) is 12.1 Å². The number of fused-ring (bicyclic) bond motifs is 1. The standard InChI is InChI=1S/C29H42N4O3S/c1-28(2,3)20-33(17-14-24(30)35,29(4,5)19-21-9-7-6-8-10-21)18-16-31-15-13-22-11-12-23(34)25-26(22)37-27(36)32-25/h6-12,31H,13-20H2,1-5H3,(H3-,30,32,34,35,36)/p+1. The number of hydrogen-bond acceptors (Lipinski definition) is 5. The van der Waals surface area contributed by atoms with E-state index in [2.05, 4.69) is 69.2 Å². The number of carbonyl (C=O) groups is 1. The Hall–Kier alpha value is -2.68. The highest BCUT2D eigenvalue weighted by atomic mass is 32.1. The molecule has 1 heterocycles. The number of benzene rings is 2. The van der Waals surface area contributed by atoms with Crippen LogP contribution < -0.4 is 15.9 Å². The Morgan fingerprint density at radius 3 is 2.41 bits per heavy atom. The maximum Gasteiger partial charge on any atom is 0.305 e. The second kappa shape index (κ2) is 11.8. The predicted octanol–water partition coefficient (Wildman–Crippen LogP) is 4.19. The number of aromatic nitrogens is 1. The SMILES string of the molecule is CC(C)(C)C[N+](CCNCCc1ccc(O)c2[nH]c(=O)sc12)(CCC(N)=O)C(C)(C)Cc1ccccc1. The molecule has 8 heteroatoms. The van der Waals surface area contributed by atoms with Gasteiger partial charge in [-0.3, -0.25) is 9.59 Å². The number of primary amides is 1. The second-order valence-corrected chi connectivity index (χ2v) is 12.9. The van der Waals surface area contributed by atoms with Gasteiger partial charge in [-0.15, -0.1) is 0 Å².